The van der Waals surface area contributed by atoms with Gasteiger partial charge in [-0.15, -0.1) is 0 Å². The number of ketones is 1. The van der Waals surface area contributed by atoms with Gasteiger partial charge in [-0.25, -0.2) is 0 Å². The molecule has 0 aliphatic carbocycles. The monoisotopic (exact) mass is 425 g/mol. The van der Waals surface area contributed by atoms with Crippen LogP contribution in [-0.2, 0) is 14.3 Å². The topological polar surface area (TPSA) is 85.3 Å². The standard InChI is InChI=1S/C24H27NO6/c1-15(2)31-17-11-9-16(10-12-17)22(26)20-21(18-7-5-6-8-19(18)30-4)25(13-14-29-3)24(28)23(20)27/h5-12,15,21,26H,13-14H2,1-4H3/b22-20+. The van der Waals surface area contributed by atoms with Gasteiger partial charge in [0, 0.05) is 24.8 Å². The van der Waals surface area contributed by atoms with Gasteiger partial charge in [0.1, 0.15) is 17.3 Å². The van der Waals surface area contributed by atoms with Crippen molar-refractivity contribution in [2.75, 3.05) is 27.4 Å². The van der Waals surface area contributed by atoms with E-state index in [1.54, 1.807) is 48.5 Å². The first-order valence-electron chi connectivity index (χ1n) is 10.1. The number of Topliss-reactive ketones (excluding diaryl/α,β-unsaturated/α-hetero) is 1. The molecule has 0 saturated carbocycles. The zero-order chi connectivity index (χ0) is 22.5. The predicted molar refractivity (Wildman–Crippen MR) is 116 cm³/mol. The molecule has 2 aromatic rings. The third-order valence-corrected chi connectivity index (χ3v) is 5.01. The molecule has 7 nitrogen and oxygen atoms in total. The number of rotatable bonds is 8. The second kappa shape index (κ2) is 9.66. The number of amides is 1. The molecular weight excluding hydrogens is 398 g/mol. The van der Waals surface area contributed by atoms with Crippen molar-refractivity contribution in [2.24, 2.45) is 0 Å². The normalized spacial score (nSPS) is 18.0. The smallest absolute Gasteiger partial charge is 0.295 e. The van der Waals surface area contributed by atoms with Crippen molar-refractivity contribution in [1.82, 2.24) is 4.90 Å². The van der Waals surface area contributed by atoms with Crippen molar-refractivity contribution in [3.05, 3.63) is 65.2 Å². The summed E-state index contributed by atoms with van der Waals surface area (Å²) in [6.07, 6.45) is 0.0103. The van der Waals surface area contributed by atoms with Crippen LogP contribution in [0.3, 0.4) is 0 Å². The van der Waals surface area contributed by atoms with Crippen molar-refractivity contribution in [1.29, 1.82) is 0 Å². The fourth-order valence-electron chi connectivity index (χ4n) is 3.63. The molecule has 1 N–H and O–H groups in total. The summed E-state index contributed by atoms with van der Waals surface area (Å²) in [6, 6.07) is 13.1. The molecule has 0 spiro atoms. The number of carbonyl (C=O) groups excluding carboxylic acids is 2. The minimum Gasteiger partial charge on any atom is -0.507 e. The molecule has 0 radical (unpaired) electrons. The first-order valence-corrected chi connectivity index (χ1v) is 10.1. The number of nitrogens with zero attached hydrogens (tertiary/aromatic N) is 1. The van der Waals surface area contributed by atoms with Crippen LogP contribution in [0.4, 0.5) is 0 Å². The van der Waals surface area contributed by atoms with Crippen LogP contribution in [0.15, 0.2) is 54.1 Å². The Balaban J connectivity index is 2.12. The molecule has 0 bridgehead atoms. The minimum absolute atomic E-state index is 0.0103. The van der Waals surface area contributed by atoms with Crippen molar-refractivity contribution < 1.29 is 28.9 Å². The summed E-state index contributed by atoms with van der Waals surface area (Å²) >= 11 is 0. The zero-order valence-corrected chi connectivity index (χ0v) is 18.1. The Morgan fingerprint density at radius 1 is 1.06 bits per heavy atom. The van der Waals surface area contributed by atoms with E-state index in [4.69, 9.17) is 14.2 Å². The highest BCUT2D eigenvalue weighted by atomic mass is 16.5. The van der Waals surface area contributed by atoms with Gasteiger partial charge in [-0.3, -0.25) is 9.59 Å². The third-order valence-electron chi connectivity index (χ3n) is 5.01. The van der Waals surface area contributed by atoms with E-state index in [1.807, 2.05) is 13.8 Å². The average Bonchev–Trinajstić information content (AvgIpc) is 3.01. The molecule has 2 aromatic carbocycles. The van der Waals surface area contributed by atoms with Crippen LogP contribution in [0.2, 0.25) is 0 Å². The average molecular weight is 425 g/mol. The summed E-state index contributed by atoms with van der Waals surface area (Å²) in [5.74, 6) is -0.511. The Labute approximate surface area is 181 Å². The van der Waals surface area contributed by atoms with Crippen LogP contribution in [0.25, 0.3) is 5.76 Å². The van der Waals surface area contributed by atoms with Gasteiger partial charge in [0.25, 0.3) is 11.7 Å². The van der Waals surface area contributed by atoms with Gasteiger partial charge >= 0.3 is 0 Å². The number of hydrogen-bond donors (Lipinski definition) is 1. The van der Waals surface area contributed by atoms with E-state index < -0.39 is 17.7 Å². The van der Waals surface area contributed by atoms with Crippen molar-refractivity contribution in [2.45, 2.75) is 26.0 Å². The van der Waals surface area contributed by atoms with Crippen LogP contribution >= 0.6 is 0 Å². The molecule has 164 valence electrons. The zero-order valence-electron chi connectivity index (χ0n) is 18.1. The summed E-state index contributed by atoms with van der Waals surface area (Å²) in [5, 5.41) is 11.1. The lowest BCUT2D eigenvalue weighted by Crippen LogP contribution is -2.32. The van der Waals surface area contributed by atoms with Gasteiger partial charge in [0.05, 0.1) is 31.4 Å². The summed E-state index contributed by atoms with van der Waals surface area (Å²) < 4.78 is 16.2. The highest BCUT2D eigenvalue weighted by Gasteiger charge is 2.46. The van der Waals surface area contributed by atoms with Crippen LogP contribution in [0, 0.1) is 0 Å². The van der Waals surface area contributed by atoms with E-state index >= 15 is 0 Å². The number of ether oxygens (including phenoxy) is 3. The van der Waals surface area contributed by atoms with Crippen LogP contribution < -0.4 is 9.47 Å². The highest BCUT2D eigenvalue weighted by Crippen LogP contribution is 2.42. The number of likely N-dealkylation sites (tertiary alicyclic amines) is 1. The minimum atomic E-state index is -0.794. The Morgan fingerprint density at radius 2 is 1.74 bits per heavy atom. The van der Waals surface area contributed by atoms with Gasteiger partial charge in [-0.2, -0.15) is 0 Å². The fourth-order valence-corrected chi connectivity index (χ4v) is 3.63. The molecule has 3 rings (SSSR count). The van der Waals surface area contributed by atoms with Gasteiger partial charge < -0.3 is 24.2 Å². The van der Waals surface area contributed by atoms with E-state index in [0.29, 0.717) is 22.6 Å². The molecule has 1 heterocycles. The lowest BCUT2D eigenvalue weighted by Gasteiger charge is -2.26. The molecule has 7 heteroatoms. The fraction of sp³-hybridized carbons (Fsp3) is 0.333. The third kappa shape index (κ3) is 4.56. The second-order valence-electron chi connectivity index (χ2n) is 7.42. The van der Waals surface area contributed by atoms with Crippen molar-refractivity contribution >= 4 is 17.4 Å². The van der Waals surface area contributed by atoms with E-state index in [2.05, 4.69) is 0 Å². The molecule has 1 aliphatic rings. The van der Waals surface area contributed by atoms with E-state index in [-0.39, 0.29) is 30.6 Å². The van der Waals surface area contributed by atoms with Crippen LogP contribution in [0.5, 0.6) is 11.5 Å². The van der Waals surface area contributed by atoms with Gasteiger partial charge in [-0.1, -0.05) is 18.2 Å². The maximum atomic E-state index is 13.0. The largest absolute Gasteiger partial charge is 0.507 e. The quantitative estimate of drug-likeness (QED) is 0.396. The van der Waals surface area contributed by atoms with Crippen LogP contribution in [-0.4, -0.2) is 55.2 Å². The number of para-hydroxylation sites is 1. The predicted octanol–water partition coefficient (Wildman–Crippen LogP) is 3.55. The molecule has 1 aliphatic heterocycles. The summed E-state index contributed by atoms with van der Waals surface area (Å²) in [7, 11) is 3.04. The second-order valence-corrected chi connectivity index (χ2v) is 7.42. The molecule has 1 atom stereocenters. The maximum absolute atomic E-state index is 13.0. The number of hydrogen-bond acceptors (Lipinski definition) is 6. The van der Waals surface area contributed by atoms with E-state index in [1.165, 1.54) is 19.1 Å². The summed E-state index contributed by atoms with van der Waals surface area (Å²) in [6.45, 7) is 4.28. The molecule has 1 fully saturated rings. The maximum Gasteiger partial charge on any atom is 0.295 e. The Morgan fingerprint density at radius 3 is 2.35 bits per heavy atom. The molecular formula is C24H27NO6. The van der Waals surface area contributed by atoms with Crippen LogP contribution in [0.1, 0.15) is 31.0 Å². The first-order chi connectivity index (χ1) is 14.9. The van der Waals surface area contributed by atoms with Gasteiger partial charge in [0.2, 0.25) is 0 Å². The van der Waals surface area contributed by atoms with E-state index in [0.717, 1.165) is 0 Å². The Hall–Kier alpha value is -3.32. The van der Waals surface area contributed by atoms with E-state index in [9.17, 15) is 14.7 Å². The Bertz CT molecular complexity index is 980. The summed E-state index contributed by atoms with van der Waals surface area (Å²) in [4.78, 5) is 27.2. The number of methoxy groups -OCH3 is 2. The van der Waals surface area contributed by atoms with Crippen molar-refractivity contribution in [3.63, 3.8) is 0 Å². The van der Waals surface area contributed by atoms with Gasteiger partial charge in [-0.05, 0) is 44.2 Å². The lowest BCUT2D eigenvalue weighted by molar-refractivity contribution is -0.140. The van der Waals surface area contributed by atoms with Gasteiger partial charge in [0.15, 0.2) is 0 Å². The number of benzene rings is 2. The molecule has 31 heavy (non-hydrogen) atoms. The molecule has 1 unspecified atom stereocenters. The SMILES string of the molecule is COCCN1C(=O)C(=O)/C(=C(/O)c2ccc(OC(C)C)cc2)C1c1ccccc1OC. The molecule has 1 amide bonds. The number of aliphatic hydroxyl groups is 1. The van der Waals surface area contributed by atoms with Crippen molar-refractivity contribution in [3.8, 4) is 11.5 Å². The first kappa shape index (κ1) is 22.4. The number of carbonyl (C=O) groups is 2. The highest BCUT2D eigenvalue weighted by molar-refractivity contribution is 6.46. The summed E-state index contributed by atoms with van der Waals surface area (Å²) in [5.41, 5.74) is 1.05. The molecule has 1 saturated heterocycles. The Kier molecular flexibility index (Phi) is 6.97. The lowest BCUT2D eigenvalue weighted by atomic mass is 9.94. The number of aliphatic hydroxyl groups excluding tert-OH is 1. The molecule has 0 aromatic heterocycles.